The van der Waals surface area contributed by atoms with Gasteiger partial charge in [-0.1, -0.05) is 30.3 Å². The summed E-state index contributed by atoms with van der Waals surface area (Å²) in [6.45, 7) is 3.76. The predicted octanol–water partition coefficient (Wildman–Crippen LogP) is 5.36. The van der Waals surface area contributed by atoms with E-state index in [9.17, 15) is 14.4 Å². The van der Waals surface area contributed by atoms with Gasteiger partial charge in [0.15, 0.2) is 18.2 Å². The van der Waals surface area contributed by atoms with Crippen molar-refractivity contribution in [3.05, 3.63) is 81.7 Å². The van der Waals surface area contributed by atoms with Crippen molar-refractivity contribution < 1.29 is 19.1 Å². The molecule has 6 heteroatoms. The highest BCUT2D eigenvalue weighted by Crippen LogP contribution is 2.50. The number of para-hydroxylation sites is 1. The molecule has 0 atom stereocenters. The molecule has 2 aromatic rings. The third kappa shape index (κ3) is 4.36. The second-order valence-electron chi connectivity index (χ2n) is 9.96. The van der Waals surface area contributed by atoms with Crippen molar-refractivity contribution in [3.63, 3.8) is 0 Å². The van der Waals surface area contributed by atoms with Crippen molar-refractivity contribution in [1.29, 1.82) is 0 Å². The molecule has 2 aliphatic carbocycles. The van der Waals surface area contributed by atoms with Gasteiger partial charge in [-0.05, 0) is 62.8 Å². The summed E-state index contributed by atoms with van der Waals surface area (Å²) in [5, 5.41) is 2.93. The highest BCUT2D eigenvalue weighted by molar-refractivity contribution is 6.06. The third-order valence-electron chi connectivity index (χ3n) is 7.50. The zero-order valence-electron chi connectivity index (χ0n) is 21.1. The Morgan fingerprint density at radius 1 is 0.944 bits per heavy atom. The molecule has 36 heavy (non-hydrogen) atoms. The lowest BCUT2D eigenvalue weighted by Crippen LogP contribution is -2.37. The summed E-state index contributed by atoms with van der Waals surface area (Å²) in [6.07, 6.45) is 4.26. The number of anilines is 1. The van der Waals surface area contributed by atoms with Crippen LogP contribution in [0, 0.1) is 13.8 Å². The Bertz CT molecular complexity index is 1280. The molecular weight excluding hydrogens is 452 g/mol. The molecule has 1 amide bonds. The van der Waals surface area contributed by atoms with Crippen LogP contribution in [0.1, 0.15) is 61.1 Å². The van der Waals surface area contributed by atoms with Crippen LogP contribution in [0.3, 0.4) is 0 Å². The Hall–Kier alpha value is -3.67. The fraction of sp³-hybridized carbons (Fsp3) is 0.367. The van der Waals surface area contributed by atoms with Crippen LogP contribution in [0.4, 0.5) is 5.69 Å². The number of rotatable bonds is 5. The first-order valence-electron chi connectivity index (χ1n) is 12.7. The van der Waals surface area contributed by atoms with Crippen molar-refractivity contribution in [1.82, 2.24) is 4.90 Å². The maximum atomic E-state index is 13.3. The van der Waals surface area contributed by atoms with Crippen LogP contribution in [0.15, 0.2) is 65.0 Å². The smallest absolute Gasteiger partial charge is 0.262 e. The minimum absolute atomic E-state index is 0.0977. The van der Waals surface area contributed by atoms with Gasteiger partial charge in [0.25, 0.3) is 5.91 Å². The lowest BCUT2D eigenvalue weighted by molar-refractivity contribution is -0.119. The topological polar surface area (TPSA) is 75.7 Å². The lowest BCUT2D eigenvalue weighted by atomic mass is 9.71. The minimum Gasteiger partial charge on any atom is -0.483 e. The molecule has 186 valence electrons. The summed E-state index contributed by atoms with van der Waals surface area (Å²) in [7, 11) is 1.98. The zero-order valence-corrected chi connectivity index (χ0v) is 21.1. The van der Waals surface area contributed by atoms with E-state index >= 15 is 0 Å². The number of hydrogen-bond acceptors (Lipinski definition) is 5. The Labute approximate surface area is 212 Å². The molecule has 2 aromatic carbocycles. The van der Waals surface area contributed by atoms with Crippen LogP contribution in [-0.2, 0) is 14.4 Å². The number of hydrogen-bond donors (Lipinski definition) is 1. The second kappa shape index (κ2) is 9.76. The number of nitrogens with zero attached hydrogens (tertiary/aromatic N) is 1. The van der Waals surface area contributed by atoms with Crippen LogP contribution >= 0.6 is 0 Å². The van der Waals surface area contributed by atoms with E-state index in [-0.39, 0.29) is 24.1 Å². The number of benzene rings is 2. The van der Waals surface area contributed by atoms with Gasteiger partial charge in [0, 0.05) is 59.6 Å². The Kier molecular flexibility index (Phi) is 6.52. The van der Waals surface area contributed by atoms with E-state index in [0.29, 0.717) is 29.7 Å². The van der Waals surface area contributed by atoms with Crippen molar-refractivity contribution in [2.75, 3.05) is 19.0 Å². The molecule has 1 heterocycles. The lowest BCUT2D eigenvalue weighted by Gasteiger charge is -2.42. The van der Waals surface area contributed by atoms with E-state index in [4.69, 9.17) is 4.74 Å². The van der Waals surface area contributed by atoms with Gasteiger partial charge in [0.1, 0.15) is 5.75 Å². The second-order valence-corrected chi connectivity index (χ2v) is 9.96. The predicted molar refractivity (Wildman–Crippen MR) is 139 cm³/mol. The molecule has 1 aliphatic heterocycles. The number of allylic oxidation sites excluding steroid dienone is 4. The van der Waals surface area contributed by atoms with Gasteiger partial charge in [-0.2, -0.15) is 0 Å². The van der Waals surface area contributed by atoms with Crippen LogP contribution in [0.5, 0.6) is 5.75 Å². The van der Waals surface area contributed by atoms with Crippen LogP contribution in [0.2, 0.25) is 0 Å². The molecule has 1 N–H and O–H groups in total. The van der Waals surface area contributed by atoms with E-state index in [1.165, 1.54) is 0 Å². The number of amides is 1. The highest BCUT2D eigenvalue weighted by Gasteiger charge is 2.43. The summed E-state index contributed by atoms with van der Waals surface area (Å²) in [6, 6.07) is 13.4. The number of Topliss-reactive ketones (excluding diaryl/α,β-unsaturated/α-hetero) is 2. The summed E-state index contributed by atoms with van der Waals surface area (Å²) in [5.41, 5.74) is 7.05. The Balaban J connectivity index is 1.48. The van der Waals surface area contributed by atoms with Gasteiger partial charge >= 0.3 is 0 Å². The standard InChI is InChI=1S/C30H32N2O4/c1-18-14-15-19(2)21(16-18)31-27(35)17-36-26-13-5-4-8-20(26)28-29-22(9-6-11-24(29)33)32(3)23-10-7-12-25(34)30(23)28/h4-5,8,13-16,28H,6-7,9-12,17H2,1-3H3,(H,31,35). The molecule has 0 saturated heterocycles. The van der Waals surface area contributed by atoms with E-state index in [1.807, 2.05) is 63.4 Å². The molecule has 0 saturated carbocycles. The summed E-state index contributed by atoms with van der Waals surface area (Å²) >= 11 is 0. The molecule has 0 unspecified atom stereocenters. The van der Waals surface area contributed by atoms with Crippen molar-refractivity contribution in [3.8, 4) is 5.75 Å². The van der Waals surface area contributed by atoms with E-state index in [0.717, 1.165) is 59.5 Å². The van der Waals surface area contributed by atoms with Gasteiger partial charge in [0.2, 0.25) is 0 Å². The van der Waals surface area contributed by atoms with Gasteiger partial charge < -0.3 is 15.0 Å². The van der Waals surface area contributed by atoms with Crippen molar-refractivity contribution in [2.24, 2.45) is 0 Å². The molecule has 3 aliphatic rings. The van der Waals surface area contributed by atoms with Gasteiger partial charge in [-0.25, -0.2) is 0 Å². The molecule has 0 bridgehead atoms. The Morgan fingerprint density at radius 2 is 1.58 bits per heavy atom. The van der Waals surface area contributed by atoms with E-state index in [1.54, 1.807) is 0 Å². The number of aryl methyl sites for hydroxylation is 2. The quantitative estimate of drug-likeness (QED) is 0.618. The molecule has 0 radical (unpaired) electrons. The molecule has 0 fully saturated rings. The average molecular weight is 485 g/mol. The minimum atomic E-state index is -0.454. The summed E-state index contributed by atoms with van der Waals surface area (Å²) in [4.78, 5) is 41.4. The van der Waals surface area contributed by atoms with Crippen molar-refractivity contribution >= 4 is 23.2 Å². The van der Waals surface area contributed by atoms with Gasteiger partial charge in [0.05, 0.1) is 0 Å². The maximum Gasteiger partial charge on any atom is 0.262 e. The van der Waals surface area contributed by atoms with Gasteiger partial charge in [-0.15, -0.1) is 0 Å². The number of carbonyl (C=O) groups is 3. The molecular formula is C30H32N2O4. The fourth-order valence-corrected chi connectivity index (χ4v) is 5.71. The first-order valence-corrected chi connectivity index (χ1v) is 12.7. The van der Waals surface area contributed by atoms with Crippen LogP contribution in [0.25, 0.3) is 0 Å². The molecule has 5 rings (SSSR count). The van der Waals surface area contributed by atoms with E-state index < -0.39 is 5.92 Å². The Morgan fingerprint density at radius 3 is 2.25 bits per heavy atom. The largest absolute Gasteiger partial charge is 0.483 e. The summed E-state index contributed by atoms with van der Waals surface area (Å²) in [5.74, 6) is 0.00820. The summed E-state index contributed by atoms with van der Waals surface area (Å²) < 4.78 is 6.06. The SMILES string of the molecule is Cc1ccc(C)c(NC(=O)COc2ccccc2C2C3=C(CCCC3=O)N(C)C3=C2C(=O)CCC3)c1. The molecule has 0 aromatic heterocycles. The number of carbonyl (C=O) groups excluding carboxylic acids is 3. The third-order valence-corrected chi connectivity index (χ3v) is 7.50. The molecule has 6 nitrogen and oxygen atoms in total. The van der Waals surface area contributed by atoms with Crippen LogP contribution in [-0.4, -0.2) is 36.0 Å². The van der Waals surface area contributed by atoms with Crippen LogP contribution < -0.4 is 10.1 Å². The first-order chi connectivity index (χ1) is 17.3. The number of nitrogens with one attached hydrogen (secondary N) is 1. The highest BCUT2D eigenvalue weighted by atomic mass is 16.5. The zero-order chi connectivity index (χ0) is 25.4. The van der Waals surface area contributed by atoms with E-state index in [2.05, 4.69) is 10.2 Å². The van der Waals surface area contributed by atoms with Gasteiger partial charge in [-0.3, -0.25) is 14.4 Å². The fourth-order valence-electron chi connectivity index (χ4n) is 5.71. The van der Waals surface area contributed by atoms with Crippen molar-refractivity contribution in [2.45, 2.75) is 58.3 Å². The average Bonchev–Trinajstić information content (AvgIpc) is 2.86. The normalized spacial score (nSPS) is 18.2. The first kappa shape index (κ1) is 24.0. The number of ether oxygens (including phenoxy) is 1. The monoisotopic (exact) mass is 484 g/mol. The maximum absolute atomic E-state index is 13.3. The molecule has 0 spiro atoms. The number of ketones is 2.